The van der Waals surface area contributed by atoms with Crippen LogP contribution < -0.4 is 4.74 Å². The van der Waals surface area contributed by atoms with E-state index in [0.29, 0.717) is 29.9 Å². The zero-order valence-corrected chi connectivity index (χ0v) is 15.7. The Bertz CT molecular complexity index is 858. The first-order valence-corrected chi connectivity index (χ1v) is 9.65. The van der Waals surface area contributed by atoms with Crippen LogP contribution in [-0.4, -0.2) is 64.8 Å². The second kappa shape index (κ2) is 6.34. The van der Waals surface area contributed by atoms with Crippen LogP contribution in [0.5, 0.6) is 5.75 Å². The van der Waals surface area contributed by atoms with E-state index in [1.807, 2.05) is 17.0 Å². The standard InChI is InChI=1S/C20H24N4O3/c1-12-17(22-27-21-12)20(25)24-11-16(14-4-3-5-15(10-14)26-2)19-18(24)13-6-8-23(19)9-7-13/h3-5,10,13,16,18-19H,6-9,11H2,1-2H3/t16-,18+,19+/m1/s1. The van der Waals surface area contributed by atoms with Gasteiger partial charge in [0.05, 0.1) is 13.2 Å². The molecular weight excluding hydrogens is 344 g/mol. The lowest BCUT2D eigenvalue weighted by Gasteiger charge is -2.51. The quantitative estimate of drug-likeness (QED) is 0.826. The van der Waals surface area contributed by atoms with Crippen LogP contribution in [0, 0.1) is 12.8 Å². The third-order valence-electron chi connectivity index (χ3n) is 6.63. The number of amides is 1. The number of nitrogens with zero attached hydrogens (tertiary/aromatic N) is 4. The van der Waals surface area contributed by atoms with Crippen LogP contribution in [0.2, 0.25) is 0 Å². The number of aromatic nitrogens is 2. The summed E-state index contributed by atoms with van der Waals surface area (Å²) < 4.78 is 10.2. The summed E-state index contributed by atoms with van der Waals surface area (Å²) in [4.78, 5) is 17.9. The number of hydrogen-bond donors (Lipinski definition) is 0. The van der Waals surface area contributed by atoms with Crippen molar-refractivity contribution in [3.05, 3.63) is 41.2 Å². The van der Waals surface area contributed by atoms with E-state index in [0.717, 1.165) is 31.7 Å². The number of carbonyl (C=O) groups is 1. The van der Waals surface area contributed by atoms with Gasteiger partial charge in [0.25, 0.3) is 5.91 Å². The number of carbonyl (C=O) groups excluding carboxylic acids is 1. The molecule has 7 heteroatoms. The van der Waals surface area contributed by atoms with E-state index < -0.39 is 0 Å². The highest BCUT2D eigenvalue weighted by molar-refractivity contribution is 5.93. The van der Waals surface area contributed by atoms with Crippen LogP contribution in [0.1, 0.15) is 40.5 Å². The average Bonchev–Trinajstić information content (AvgIpc) is 3.33. The Kier molecular flexibility index (Phi) is 3.93. The molecule has 7 nitrogen and oxygen atoms in total. The number of aryl methyl sites for hydroxylation is 1. The van der Waals surface area contributed by atoms with Gasteiger partial charge in [0.2, 0.25) is 0 Å². The topological polar surface area (TPSA) is 71.7 Å². The average molecular weight is 368 g/mol. The van der Waals surface area contributed by atoms with Gasteiger partial charge < -0.3 is 9.64 Å². The van der Waals surface area contributed by atoms with Crippen molar-refractivity contribution in [1.29, 1.82) is 0 Å². The van der Waals surface area contributed by atoms with Gasteiger partial charge in [-0.15, -0.1) is 0 Å². The maximum atomic E-state index is 13.3. The Hall–Kier alpha value is -2.41. The molecule has 0 N–H and O–H groups in total. The van der Waals surface area contributed by atoms with Crippen LogP contribution in [0.3, 0.4) is 0 Å². The lowest BCUT2D eigenvalue weighted by molar-refractivity contribution is -0.00372. The Labute approximate surface area is 158 Å². The number of ether oxygens (including phenoxy) is 1. The molecule has 5 heterocycles. The van der Waals surface area contributed by atoms with E-state index >= 15 is 0 Å². The second-order valence-electron chi connectivity index (χ2n) is 7.89. The van der Waals surface area contributed by atoms with Gasteiger partial charge in [-0.1, -0.05) is 17.3 Å². The van der Waals surface area contributed by atoms with Gasteiger partial charge >= 0.3 is 0 Å². The van der Waals surface area contributed by atoms with Crippen molar-refractivity contribution in [3.63, 3.8) is 0 Å². The number of benzene rings is 1. The molecule has 0 radical (unpaired) electrons. The van der Waals surface area contributed by atoms with Gasteiger partial charge in [-0.25, -0.2) is 4.63 Å². The van der Waals surface area contributed by atoms with Gasteiger partial charge in [-0.3, -0.25) is 9.69 Å². The normalized spacial score (nSPS) is 31.8. The predicted molar refractivity (Wildman–Crippen MR) is 97.7 cm³/mol. The number of fused-ring (bicyclic) bond motifs is 2. The molecule has 0 saturated carbocycles. The van der Waals surface area contributed by atoms with Crippen molar-refractivity contribution >= 4 is 5.91 Å². The molecule has 6 rings (SSSR count). The minimum atomic E-state index is -0.0529. The first-order chi connectivity index (χ1) is 13.2. The van der Waals surface area contributed by atoms with Crippen molar-refractivity contribution in [1.82, 2.24) is 20.1 Å². The monoisotopic (exact) mass is 368 g/mol. The molecule has 2 bridgehead atoms. The maximum absolute atomic E-state index is 13.3. The van der Waals surface area contributed by atoms with E-state index in [4.69, 9.17) is 9.37 Å². The van der Waals surface area contributed by atoms with Gasteiger partial charge in [0.1, 0.15) is 11.4 Å². The molecule has 0 aliphatic carbocycles. The molecule has 1 aromatic carbocycles. The molecule has 142 valence electrons. The van der Waals surface area contributed by atoms with Crippen molar-refractivity contribution in [2.24, 2.45) is 5.92 Å². The lowest BCUT2D eigenvalue weighted by atomic mass is 9.75. The fraction of sp³-hybridized carbons (Fsp3) is 0.550. The third kappa shape index (κ3) is 2.56. The molecule has 4 aliphatic heterocycles. The van der Waals surface area contributed by atoms with E-state index in [1.54, 1.807) is 14.0 Å². The largest absolute Gasteiger partial charge is 0.497 e. The van der Waals surface area contributed by atoms with Crippen molar-refractivity contribution in [2.45, 2.75) is 37.8 Å². The predicted octanol–water partition coefficient (Wildman–Crippen LogP) is 2.09. The van der Waals surface area contributed by atoms with Crippen LogP contribution in [-0.2, 0) is 0 Å². The number of hydrogen-bond acceptors (Lipinski definition) is 6. The minimum absolute atomic E-state index is 0.0529. The number of likely N-dealkylation sites (tertiary alicyclic amines) is 1. The van der Waals surface area contributed by atoms with Crippen molar-refractivity contribution in [3.8, 4) is 5.75 Å². The molecule has 2 aromatic rings. The summed E-state index contributed by atoms with van der Waals surface area (Å²) in [5, 5.41) is 7.67. The van der Waals surface area contributed by atoms with Crippen LogP contribution in [0.25, 0.3) is 0 Å². The van der Waals surface area contributed by atoms with E-state index in [9.17, 15) is 4.79 Å². The summed E-state index contributed by atoms with van der Waals surface area (Å²) in [5.74, 6) is 1.64. The Morgan fingerprint density at radius 3 is 2.74 bits per heavy atom. The SMILES string of the molecule is COc1cccc([C@H]2CN(C(=O)c3nonc3C)[C@H]3C4CCN(CC4)[C@@H]23)c1. The summed E-state index contributed by atoms with van der Waals surface area (Å²) in [7, 11) is 1.69. The Morgan fingerprint density at radius 1 is 1.22 bits per heavy atom. The highest BCUT2D eigenvalue weighted by atomic mass is 16.6. The van der Waals surface area contributed by atoms with Gasteiger partial charge in [-0.05, 0) is 61.6 Å². The van der Waals surface area contributed by atoms with Crippen molar-refractivity contribution in [2.75, 3.05) is 26.7 Å². The van der Waals surface area contributed by atoms with Gasteiger partial charge in [-0.2, -0.15) is 0 Å². The molecule has 4 fully saturated rings. The Balaban J connectivity index is 1.54. The summed E-state index contributed by atoms with van der Waals surface area (Å²) in [6.07, 6.45) is 2.32. The summed E-state index contributed by atoms with van der Waals surface area (Å²) >= 11 is 0. The maximum Gasteiger partial charge on any atom is 0.278 e. The molecule has 27 heavy (non-hydrogen) atoms. The molecule has 3 atom stereocenters. The number of piperidine rings is 3. The fourth-order valence-electron chi connectivity index (χ4n) is 5.38. The van der Waals surface area contributed by atoms with E-state index in [2.05, 4.69) is 27.3 Å². The first kappa shape index (κ1) is 16.7. The molecule has 0 spiro atoms. The van der Waals surface area contributed by atoms with Gasteiger partial charge in [0.15, 0.2) is 5.69 Å². The highest BCUT2D eigenvalue weighted by Crippen LogP contribution is 2.47. The Morgan fingerprint density at radius 2 is 2.04 bits per heavy atom. The summed E-state index contributed by atoms with van der Waals surface area (Å²) in [5.41, 5.74) is 2.14. The fourth-order valence-corrected chi connectivity index (χ4v) is 5.38. The third-order valence-corrected chi connectivity index (χ3v) is 6.63. The highest BCUT2D eigenvalue weighted by Gasteiger charge is 2.55. The lowest BCUT2D eigenvalue weighted by Crippen LogP contribution is -2.60. The minimum Gasteiger partial charge on any atom is -0.497 e. The molecule has 1 amide bonds. The summed E-state index contributed by atoms with van der Waals surface area (Å²) in [6, 6.07) is 8.86. The number of rotatable bonds is 3. The first-order valence-electron chi connectivity index (χ1n) is 9.65. The van der Waals surface area contributed by atoms with Crippen LogP contribution in [0.15, 0.2) is 28.9 Å². The van der Waals surface area contributed by atoms with Gasteiger partial charge in [0, 0.05) is 18.5 Å². The smallest absolute Gasteiger partial charge is 0.278 e. The number of methoxy groups -OCH3 is 1. The molecule has 0 unspecified atom stereocenters. The van der Waals surface area contributed by atoms with Crippen LogP contribution >= 0.6 is 0 Å². The molecular formula is C20H24N4O3. The van der Waals surface area contributed by atoms with E-state index in [1.165, 1.54) is 5.56 Å². The zero-order chi connectivity index (χ0) is 18.5. The molecule has 1 aromatic heterocycles. The summed E-state index contributed by atoms with van der Waals surface area (Å²) in [6.45, 7) is 4.71. The second-order valence-corrected chi connectivity index (χ2v) is 7.89. The van der Waals surface area contributed by atoms with E-state index in [-0.39, 0.29) is 17.9 Å². The molecule has 4 aliphatic rings. The molecule has 4 saturated heterocycles. The van der Waals surface area contributed by atoms with Crippen molar-refractivity contribution < 1.29 is 14.2 Å². The van der Waals surface area contributed by atoms with Crippen LogP contribution in [0.4, 0.5) is 0 Å². The zero-order valence-electron chi connectivity index (χ0n) is 15.7.